The standard InChI is InChI=1S/C19H24N2O3S/c1-13-8-14(2)19(15(3)9-13)25(22,23)21-18-12-24-11-17(18)10-16-4-6-20-7-5-16/h4-9,17-18,21H,10-12H2,1-3H3/t17-,18-/m1/s1. The first-order valence-electron chi connectivity index (χ1n) is 8.43. The van der Waals surface area contributed by atoms with Crippen molar-refractivity contribution in [3.8, 4) is 0 Å². The summed E-state index contributed by atoms with van der Waals surface area (Å²) in [5.74, 6) is 0.114. The van der Waals surface area contributed by atoms with Crippen LogP contribution in [0.2, 0.25) is 0 Å². The Morgan fingerprint density at radius 3 is 2.40 bits per heavy atom. The predicted octanol–water partition coefficient (Wildman–Crippen LogP) is 2.54. The lowest BCUT2D eigenvalue weighted by atomic mass is 9.96. The highest BCUT2D eigenvalue weighted by molar-refractivity contribution is 7.89. The molecular weight excluding hydrogens is 336 g/mol. The van der Waals surface area contributed by atoms with E-state index in [0.29, 0.717) is 18.1 Å². The van der Waals surface area contributed by atoms with Gasteiger partial charge in [-0.25, -0.2) is 13.1 Å². The van der Waals surface area contributed by atoms with Crippen molar-refractivity contribution >= 4 is 10.0 Å². The van der Waals surface area contributed by atoms with Gasteiger partial charge in [0.15, 0.2) is 0 Å². The van der Waals surface area contributed by atoms with Gasteiger partial charge in [-0.2, -0.15) is 0 Å². The Kier molecular flexibility index (Phi) is 5.22. The second-order valence-electron chi connectivity index (χ2n) is 6.81. The molecule has 3 rings (SSSR count). The van der Waals surface area contributed by atoms with Crippen molar-refractivity contribution in [2.45, 2.75) is 38.1 Å². The zero-order valence-electron chi connectivity index (χ0n) is 14.8. The molecule has 1 aliphatic heterocycles. The van der Waals surface area contributed by atoms with Gasteiger partial charge in [-0.1, -0.05) is 17.7 Å². The number of benzene rings is 1. The third-order valence-corrected chi connectivity index (χ3v) is 6.42. The van der Waals surface area contributed by atoms with Crippen molar-refractivity contribution in [3.63, 3.8) is 0 Å². The summed E-state index contributed by atoms with van der Waals surface area (Å²) in [6.07, 6.45) is 4.27. The topological polar surface area (TPSA) is 68.3 Å². The summed E-state index contributed by atoms with van der Waals surface area (Å²) in [5, 5.41) is 0. The van der Waals surface area contributed by atoms with Gasteiger partial charge < -0.3 is 4.74 Å². The molecule has 0 saturated carbocycles. The van der Waals surface area contributed by atoms with E-state index >= 15 is 0 Å². The van der Waals surface area contributed by atoms with Crippen LogP contribution in [0.1, 0.15) is 22.3 Å². The van der Waals surface area contributed by atoms with Crippen molar-refractivity contribution in [1.29, 1.82) is 0 Å². The lowest BCUT2D eigenvalue weighted by Gasteiger charge is -2.21. The van der Waals surface area contributed by atoms with Gasteiger partial charge in [0.2, 0.25) is 10.0 Å². The molecule has 0 aliphatic carbocycles. The minimum atomic E-state index is -3.59. The molecule has 134 valence electrons. The monoisotopic (exact) mass is 360 g/mol. The fourth-order valence-electron chi connectivity index (χ4n) is 3.60. The van der Waals surface area contributed by atoms with E-state index in [1.54, 1.807) is 12.4 Å². The summed E-state index contributed by atoms with van der Waals surface area (Å²) in [7, 11) is -3.59. The van der Waals surface area contributed by atoms with Crippen LogP contribution in [0.5, 0.6) is 0 Å². The Morgan fingerprint density at radius 1 is 1.12 bits per heavy atom. The molecule has 1 aromatic heterocycles. The number of hydrogen-bond acceptors (Lipinski definition) is 4. The van der Waals surface area contributed by atoms with Crippen LogP contribution in [0.4, 0.5) is 0 Å². The molecular formula is C19H24N2O3S. The zero-order chi connectivity index (χ0) is 18.0. The van der Waals surface area contributed by atoms with Gasteiger partial charge >= 0.3 is 0 Å². The number of hydrogen-bond donors (Lipinski definition) is 1. The van der Waals surface area contributed by atoms with Crippen molar-refractivity contribution < 1.29 is 13.2 Å². The summed E-state index contributed by atoms with van der Waals surface area (Å²) in [5.41, 5.74) is 3.75. The minimum absolute atomic E-state index is 0.114. The molecule has 0 bridgehead atoms. The zero-order valence-corrected chi connectivity index (χ0v) is 15.6. The lowest BCUT2D eigenvalue weighted by Crippen LogP contribution is -2.41. The summed E-state index contributed by atoms with van der Waals surface area (Å²) >= 11 is 0. The second-order valence-corrected chi connectivity index (χ2v) is 8.46. The summed E-state index contributed by atoms with van der Waals surface area (Å²) in [6, 6.07) is 7.50. The minimum Gasteiger partial charge on any atom is -0.379 e. The predicted molar refractivity (Wildman–Crippen MR) is 97.0 cm³/mol. The van der Waals surface area contributed by atoms with Gasteiger partial charge in [0.1, 0.15) is 0 Å². The molecule has 6 heteroatoms. The maximum Gasteiger partial charge on any atom is 0.241 e. The third-order valence-electron chi connectivity index (χ3n) is 4.63. The Bertz CT molecular complexity index is 827. The molecule has 5 nitrogen and oxygen atoms in total. The Hall–Kier alpha value is -1.76. The number of aromatic nitrogens is 1. The van der Waals surface area contributed by atoms with Gasteiger partial charge in [-0.05, 0) is 56.0 Å². The van der Waals surface area contributed by atoms with Crippen LogP contribution < -0.4 is 4.72 Å². The maximum atomic E-state index is 13.0. The third kappa shape index (κ3) is 4.08. The highest BCUT2D eigenvalue weighted by Gasteiger charge is 2.33. The maximum absolute atomic E-state index is 13.0. The number of nitrogens with zero attached hydrogens (tertiary/aromatic N) is 1. The molecule has 1 aliphatic rings. The lowest BCUT2D eigenvalue weighted by molar-refractivity contribution is 0.183. The average Bonchev–Trinajstić information content (AvgIpc) is 2.93. The summed E-state index contributed by atoms with van der Waals surface area (Å²) in [6.45, 7) is 6.61. The molecule has 2 atom stereocenters. The number of ether oxygens (including phenoxy) is 1. The highest BCUT2D eigenvalue weighted by atomic mass is 32.2. The van der Waals surface area contributed by atoms with E-state index < -0.39 is 10.0 Å². The van der Waals surface area contributed by atoms with E-state index in [1.807, 2.05) is 45.0 Å². The smallest absolute Gasteiger partial charge is 0.241 e. The molecule has 0 radical (unpaired) electrons. The number of sulfonamides is 1. The molecule has 2 heterocycles. The second kappa shape index (κ2) is 7.23. The van der Waals surface area contributed by atoms with Crippen molar-refractivity contribution in [2.75, 3.05) is 13.2 Å². The molecule has 25 heavy (non-hydrogen) atoms. The first-order valence-corrected chi connectivity index (χ1v) is 9.92. The van der Waals surface area contributed by atoms with Crippen LogP contribution in [0.3, 0.4) is 0 Å². The van der Waals surface area contributed by atoms with E-state index in [0.717, 1.165) is 28.7 Å². The fourth-order valence-corrected chi connectivity index (χ4v) is 5.34. The van der Waals surface area contributed by atoms with E-state index in [4.69, 9.17) is 4.74 Å². The number of aryl methyl sites for hydroxylation is 3. The van der Waals surface area contributed by atoms with Crippen molar-refractivity contribution in [2.24, 2.45) is 5.92 Å². The van der Waals surface area contributed by atoms with Crippen LogP contribution in [-0.2, 0) is 21.2 Å². The molecule has 0 unspecified atom stereocenters. The van der Waals surface area contributed by atoms with Gasteiger partial charge in [0.05, 0.1) is 24.2 Å². The van der Waals surface area contributed by atoms with E-state index in [2.05, 4.69) is 9.71 Å². The molecule has 1 saturated heterocycles. The van der Waals surface area contributed by atoms with Gasteiger partial charge in [-0.15, -0.1) is 0 Å². The summed E-state index contributed by atoms with van der Waals surface area (Å²) in [4.78, 5) is 4.40. The molecule has 1 fully saturated rings. The van der Waals surface area contributed by atoms with Crippen LogP contribution in [-0.4, -0.2) is 32.7 Å². The Morgan fingerprint density at radius 2 is 1.76 bits per heavy atom. The number of rotatable bonds is 5. The van der Waals surface area contributed by atoms with Crippen LogP contribution in [0.25, 0.3) is 0 Å². The van der Waals surface area contributed by atoms with E-state index in [-0.39, 0.29) is 12.0 Å². The fraction of sp³-hybridized carbons (Fsp3) is 0.421. The highest BCUT2D eigenvalue weighted by Crippen LogP contribution is 2.25. The first kappa shape index (κ1) is 18.0. The van der Waals surface area contributed by atoms with E-state index in [1.165, 1.54) is 0 Å². The Labute approximate surface area is 149 Å². The normalized spacial score (nSPS) is 20.8. The van der Waals surface area contributed by atoms with Crippen LogP contribution in [0.15, 0.2) is 41.6 Å². The van der Waals surface area contributed by atoms with Crippen LogP contribution >= 0.6 is 0 Å². The van der Waals surface area contributed by atoms with Crippen molar-refractivity contribution in [1.82, 2.24) is 9.71 Å². The SMILES string of the molecule is Cc1cc(C)c(S(=O)(=O)N[C@@H]2COC[C@H]2Cc2ccncc2)c(C)c1. The molecule has 0 amide bonds. The van der Waals surface area contributed by atoms with E-state index in [9.17, 15) is 8.42 Å². The molecule has 1 aromatic carbocycles. The first-order chi connectivity index (χ1) is 11.9. The van der Waals surface area contributed by atoms with Gasteiger partial charge in [-0.3, -0.25) is 4.98 Å². The van der Waals surface area contributed by atoms with Crippen LogP contribution in [0, 0.1) is 26.7 Å². The quantitative estimate of drug-likeness (QED) is 0.890. The molecule has 1 N–H and O–H groups in total. The Balaban J connectivity index is 1.80. The van der Waals surface area contributed by atoms with Crippen molar-refractivity contribution in [3.05, 3.63) is 58.9 Å². The molecule has 2 aromatic rings. The van der Waals surface area contributed by atoms with Gasteiger partial charge in [0, 0.05) is 18.3 Å². The number of pyridine rings is 1. The number of nitrogens with one attached hydrogen (secondary N) is 1. The largest absolute Gasteiger partial charge is 0.379 e. The van der Waals surface area contributed by atoms with Gasteiger partial charge in [0.25, 0.3) is 0 Å². The summed E-state index contributed by atoms with van der Waals surface area (Å²) < 4.78 is 34.4. The average molecular weight is 360 g/mol. The molecule has 0 spiro atoms.